The maximum absolute atomic E-state index is 12.0. The minimum absolute atomic E-state index is 0.196. The molecule has 1 aromatic rings. The molecule has 0 saturated carbocycles. The molecule has 5 heteroatoms. The average molecular weight is 250 g/mol. The fourth-order valence-electron chi connectivity index (χ4n) is 1.97. The summed E-state index contributed by atoms with van der Waals surface area (Å²) in [5.74, 6) is 0.660. The second-order valence-corrected chi connectivity index (χ2v) is 4.25. The van der Waals surface area contributed by atoms with E-state index in [1.54, 1.807) is 11.0 Å². The standard InChI is InChI=1S/C13H18N2O3/c1-2-18-12-6-4-3-5-11(12)14-13(17)15-8-7-10(16)9-15/h3-6,10,16H,2,7-9H2,1H3,(H,14,17)/t10-/m1/s1. The summed E-state index contributed by atoms with van der Waals surface area (Å²) in [7, 11) is 0. The number of urea groups is 1. The van der Waals surface area contributed by atoms with Crippen LogP contribution in [-0.4, -0.2) is 41.8 Å². The zero-order valence-corrected chi connectivity index (χ0v) is 10.4. The van der Waals surface area contributed by atoms with Gasteiger partial charge in [-0.3, -0.25) is 0 Å². The molecular formula is C13H18N2O3. The van der Waals surface area contributed by atoms with E-state index in [9.17, 15) is 9.90 Å². The number of benzene rings is 1. The second-order valence-electron chi connectivity index (χ2n) is 4.25. The van der Waals surface area contributed by atoms with E-state index >= 15 is 0 Å². The van der Waals surface area contributed by atoms with Crippen LogP contribution in [0, 0.1) is 0 Å². The van der Waals surface area contributed by atoms with Crippen LogP contribution in [-0.2, 0) is 0 Å². The minimum atomic E-state index is -0.405. The first kappa shape index (κ1) is 12.7. The van der Waals surface area contributed by atoms with Crippen molar-refractivity contribution in [3.8, 4) is 5.75 Å². The topological polar surface area (TPSA) is 61.8 Å². The molecule has 5 nitrogen and oxygen atoms in total. The summed E-state index contributed by atoms with van der Waals surface area (Å²) in [5.41, 5.74) is 0.658. The number of nitrogens with one attached hydrogen (secondary N) is 1. The quantitative estimate of drug-likeness (QED) is 0.858. The molecule has 1 saturated heterocycles. The summed E-state index contributed by atoms with van der Waals surface area (Å²) in [6.45, 7) is 3.43. The minimum Gasteiger partial charge on any atom is -0.492 e. The monoisotopic (exact) mass is 250 g/mol. The number of carbonyl (C=O) groups is 1. The first-order valence-corrected chi connectivity index (χ1v) is 6.16. The SMILES string of the molecule is CCOc1ccccc1NC(=O)N1CC[C@@H](O)C1. The number of likely N-dealkylation sites (tertiary alicyclic amines) is 1. The number of hydrogen-bond acceptors (Lipinski definition) is 3. The number of β-amino-alcohol motifs (C(OH)–C–C–N with tert-alkyl or cyclic N) is 1. The molecule has 0 aliphatic carbocycles. The molecular weight excluding hydrogens is 232 g/mol. The zero-order valence-electron chi connectivity index (χ0n) is 10.4. The molecule has 0 spiro atoms. The Balaban J connectivity index is 2.02. The zero-order chi connectivity index (χ0) is 13.0. The smallest absolute Gasteiger partial charge is 0.322 e. The Morgan fingerprint density at radius 1 is 1.56 bits per heavy atom. The lowest BCUT2D eigenvalue weighted by Gasteiger charge is -2.18. The third-order valence-corrected chi connectivity index (χ3v) is 2.88. The van der Waals surface area contributed by atoms with Crippen molar-refractivity contribution in [1.82, 2.24) is 4.90 Å². The lowest BCUT2D eigenvalue weighted by molar-refractivity contribution is 0.176. The van der Waals surface area contributed by atoms with Crippen molar-refractivity contribution in [2.45, 2.75) is 19.4 Å². The fraction of sp³-hybridized carbons (Fsp3) is 0.462. The maximum Gasteiger partial charge on any atom is 0.322 e. The van der Waals surface area contributed by atoms with Crippen molar-refractivity contribution in [2.75, 3.05) is 25.0 Å². The molecule has 1 aromatic carbocycles. The van der Waals surface area contributed by atoms with Crippen molar-refractivity contribution in [1.29, 1.82) is 0 Å². The van der Waals surface area contributed by atoms with E-state index in [-0.39, 0.29) is 6.03 Å². The average Bonchev–Trinajstić information content (AvgIpc) is 2.79. The number of rotatable bonds is 3. The first-order chi connectivity index (χ1) is 8.70. The van der Waals surface area contributed by atoms with Gasteiger partial charge in [0.15, 0.2) is 0 Å². The van der Waals surface area contributed by atoms with Gasteiger partial charge in [-0.2, -0.15) is 0 Å². The summed E-state index contributed by atoms with van der Waals surface area (Å²) < 4.78 is 5.44. The van der Waals surface area contributed by atoms with E-state index in [1.165, 1.54) is 0 Å². The lowest BCUT2D eigenvalue weighted by Crippen LogP contribution is -2.33. The maximum atomic E-state index is 12.0. The van der Waals surface area contributed by atoms with Gasteiger partial charge in [0.05, 0.1) is 18.4 Å². The van der Waals surface area contributed by atoms with Crippen LogP contribution >= 0.6 is 0 Å². The highest BCUT2D eigenvalue weighted by molar-refractivity contribution is 5.91. The van der Waals surface area contributed by atoms with Crippen LogP contribution in [0.2, 0.25) is 0 Å². The molecule has 2 amide bonds. The summed E-state index contributed by atoms with van der Waals surface area (Å²) in [6.07, 6.45) is 0.235. The molecule has 0 aromatic heterocycles. The van der Waals surface area contributed by atoms with Gasteiger partial charge in [-0.25, -0.2) is 4.79 Å². The van der Waals surface area contributed by atoms with Gasteiger partial charge in [-0.15, -0.1) is 0 Å². The molecule has 1 atom stereocenters. The van der Waals surface area contributed by atoms with Crippen LogP contribution in [0.1, 0.15) is 13.3 Å². The molecule has 0 unspecified atom stereocenters. The Kier molecular flexibility index (Phi) is 4.04. The Hall–Kier alpha value is -1.75. The molecule has 18 heavy (non-hydrogen) atoms. The van der Waals surface area contributed by atoms with Gasteiger partial charge in [0.25, 0.3) is 0 Å². The van der Waals surface area contributed by atoms with Gasteiger partial charge in [-0.05, 0) is 25.5 Å². The van der Waals surface area contributed by atoms with Gasteiger partial charge >= 0.3 is 6.03 Å². The normalized spacial score (nSPS) is 18.8. The van der Waals surface area contributed by atoms with Gasteiger partial charge in [-0.1, -0.05) is 12.1 Å². The van der Waals surface area contributed by atoms with Crippen molar-refractivity contribution in [3.63, 3.8) is 0 Å². The van der Waals surface area contributed by atoms with E-state index in [0.717, 1.165) is 0 Å². The summed E-state index contributed by atoms with van der Waals surface area (Å²) >= 11 is 0. The Labute approximate surface area is 106 Å². The number of hydrogen-bond donors (Lipinski definition) is 2. The number of nitrogens with zero attached hydrogens (tertiary/aromatic N) is 1. The molecule has 1 fully saturated rings. The molecule has 1 aliphatic heterocycles. The largest absolute Gasteiger partial charge is 0.492 e. The van der Waals surface area contributed by atoms with Gasteiger partial charge < -0.3 is 20.1 Å². The second kappa shape index (κ2) is 5.73. The van der Waals surface area contributed by atoms with Crippen LogP contribution in [0.4, 0.5) is 10.5 Å². The highest BCUT2D eigenvalue weighted by atomic mass is 16.5. The van der Waals surface area contributed by atoms with Crippen molar-refractivity contribution >= 4 is 11.7 Å². The molecule has 1 aliphatic rings. The van der Waals surface area contributed by atoms with Crippen molar-refractivity contribution < 1.29 is 14.6 Å². The van der Waals surface area contributed by atoms with Crippen molar-refractivity contribution in [2.24, 2.45) is 0 Å². The fourth-order valence-corrected chi connectivity index (χ4v) is 1.97. The first-order valence-electron chi connectivity index (χ1n) is 6.16. The third kappa shape index (κ3) is 2.92. The molecule has 98 valence electrons. The van der Waals surface area contributed by atoms with Crippen LogP contribution in [0.5, 0.6) is 5.75 Å². The highest BCUT2D eigenvalue weighted by Crippen LogP contribution is 2.24. The summed E-state index contributed by atoms with van der Waals surface area (Å²) in [6, 6.07) is 7.13. The van der Waals surface area contributed by atoms with Crippen LogP contribution in [0.25, 0.3) is 0 Å². The van der Waals surface area contributed by atoms with E-state index < -0.39 is 6.10 Å². The highest BCUT2D eigenvalue weighted by Gasteiger charge is 2.24. The van der Waals surface area contributed by atoms with E-state index in [4.69, 9.17) is 4.74 Å². The number of carbonyl (C=O) groups excluding carboxylic acids is 1. The third-order valence-electron chi connectivity index (χ3n) is 2.88. The number of anilines is 1. The summed E-state index contributed by atoms with van der Waals surface area (Å²) in [5, 5.41) is 12.2. The predicted octanol–water partition coefficient (Wildman–Crippen LogP) is 1.68. The number of ether oxygens (including phenoxy) is 1. The van der Waals surface area contributed by atoms with Gasteiger partial charge in [0, 0.05) is 13.1 Å². The van der Waals surface area contributed by atoms with Crippen LogP contribution < -0.4 is 10.1 Å². The van der Waals surface area contributed by atoms with Crippen LogP contribution in [0.3, 0.4) is 0 Å². The van der Waals surface area contributed by atoms with E-state index in [0.29, 0.717) is 37.6 Å². The van der Waals surface area contributed by atoms with Crippen LogP contribution in [0.15, 0.2) is 24.3 Å². The Bertz CT molecular complexity index is 422. The lowest BCUT2D eigenvalue weighted by atomic mass is 10.3. The van der Waals surface area contributed by atoms with Gasteiger partial charge in [0.2, 0.25) is 0 Å². The van der Waals surface area contributed by atoms with Crippen molar-refractivity contribution in [3.05, 3.63) is 24.3 Å². The number of aliphatic hydroxyl groups is 1. The Morgan fingerprint density at radius 3 is 3.00 bits per heavy atom. The predicted molar refractivity (Wildman–Crippen MR) is 68.8 cm³/mol. The molecule has 0 radical (unpaired) electrons. The van der Waals surface area contributed by atoms with E-state index in [1.807, 2.05) is 25.1 Å². The molecule has 1 heterocycles. The number of para-hydroxylation sites is 2. The molecule has 0 bridgehead atoms. The summed E-state index contributed by atoms with van der Waals surface area (Å²) in [4.78, 5) is 13.6. The van der Waals surface area contributed by atoms with Gasteiger partial charge in [0.1, 0.15) is 5.75 Å². The number of aliphatic hydroxyl groups excluding tert-OH is 1. The molecule has 2 rings (SSSR count). The number of amides is 2. The molecule has 2 N–H and O–H groups in total. The Morgan fingerprint density at radius 2 is 2.33 bits per heavy atom. The van der Waals surface area contributed by atoms with E-state index in [2.05, 4.69) is 5.32 Å².